The van der Waals surface area contributed by atoms with Gasteiger partial charge in [0.2, 0.25) is 0 Å². The van der Waals surface area contributed by atoms with Crippen molar-refractivity contribution in [3.05, 3.63) is 47.2 Å². The number of alkyl carbamates (subject to hydrolysis) is 1. The number of hydrogen-bond donors (Lipinski definition) is 1. The van der Waals surface area contributed by atoms with Gasteiger partial charge < -0.3 is 9.47 Å². The number of carbonyl (C=O) groups is 2. The van der Waals surface area contributed by atoms with Crippen LogP contribution in [0.4, 0.5) is 4.79 Å². The van der Waals surface area contributed by atoms with Crippen LogP contribution in [0.3, 0.4) is 0 Å². The Morgan fingerprint density at radius 1 is 1.30 bits per heavy atom. The third kappa shape index (κ3) is 6.04. The first-order valence-corrected chi connectivity index (χ1v) is 6.35. The van der Waals surface area contributed by atoms with Gasteiger partial charge in [-0.05, 0) is 26.3 Å². The molecule has 0 heterocycles. The zero-order valence-corrected chi connectivity index (χ0v) is 11.9. The smallest absolute Gasteiger partial charge is 0.411 e. The predicted molar refractivity (Wildman–Crippen MR) is 74.9 cm³/mol. The van der Waals surface area contributed by atoms with E-state index < -0.39 is 12.1 Å². The van der Waals surface area contributed by atoms with Crippen LogP contribution in [0.2, 0.25) is 0 Å². The molecule has 0 radical (unpaired) electrons. The molecule has 108 valence electrons. The second-order valence-electron chi connectivity index (χ2n) is 4.27. The number of nitrogens with one attached hydrogen (secondary N) is 1. The van der Waals surface area contributed by atoms with Crippen LogP contribution in [-0.2, 0) is 20.9 Å². The number of ether oxygens (including phenoxy) is 2. The SMILES string of the molecule is CCOC(=O)C=C(C)NC(=O)OCc1cccc(C)c1. The summed E-state index contributed by atoms with van der Waals surface area (Å²) in [6.07, 6.45) is 0.599. The molecule has 5 heteroatoms. The summed E-state index contributed by atoms with van der Waals surface area (Å²) in [5.41, 5.74) is 2.38. The lowest BCUT2D eigenvalue weighted by Crippen LogP contribution is -2.23. The predicted octanol–water partition coefficient (Wildman–Crippen LogP) is 2.69. The van der Waals surface area contributed by atoms with Crippen LogP contribution >= 0.6 is 0 Å². The highest BCUT2D eigenvalue weighted by Gasteiger charge is 2.05. The molecule has 0 unspecified atom stereocenters. The molecule has 5 nitrogen and oxygen atoms in total. The standard InChI is InChI=1S/C15H19NO4/c1-4-19-14(17)9-12(3)16-15(18)20-10-13-7-5-6-11(2)8-13/h5-9H,4,10H2,1-3H3,(H,16,18). The van der Waals surface area contributed by atoms with E-state index in [1.165, 1.54) is 6.08 Å². The summed E-state index contributed by atoms with van der Waals surface area (Å²) >= 11 is 0. The number of hydrogen-bond acceptors (Lipinski definition) is 4. The minimum atomic E-state index is -0.607. The number of allylic oxidation sites excluding steroid dienone is 1. The summed E-state index contributed by atoms with van der Waals surface area (Å²) in [5.74, 6) is -0.496. The van der Waals surface area contributed by atoms with E-state index >= 15 is 0 Å². The lowest BCUT2D eigenvalue weighted by molar-refractivity contribution is -0.137. The zero-order chi connectivity index (χ0) is 15.0. The van der Waals surface area contributed by atoms with Gasteiger partial charge in [-0.15, -0.1) is 0 Å². The Balaban J connectivity index is 2.42. The van der Waals surface area contributed by atoms with Crippen LogP contribution in [0.15, 0.2) is 36.0 Å². The second kappa shape index (κ2) is 7.99. The average molecular weight is 277 g/mol. The molecule has 0 aliphatic carbocycles. The van der Waals surface area contributed by atoms with Crippen LogP contribution in [0.1, 0.15) is 25.0 Å². The quantitative estimate of drug-likeness (QED) is 0.664. The molecule has 1 aromatic rings. The summed E-state index contributed by atoms with van der Waals surface area (Å²) < 4.78 is 9.78. The minimum absolute atomic E-state index is 0.181. The maximum absolute atomic E-state index is 11.5. The topological polar surface area (TPSA) is 64.6 Å². The maximum atomic E-state index is 11.5. The fraction of sp³-hybridized carbons (Fsp3) is 0.333. The Hall–Kier alpha value is -2.30. The number of amides is 1. The van der Waals surface area contributed by atoms with Crippen LogP contribution < -0.4 is 5.32 Å². The largest absolute Gasteiger partial charge is 0.463 e. The fourth-order valence-corrected chi connectivity index (χ4v) is 1.54. The Labute approximate surface area is 118 Å². The lowest BCUT2D eigenvalue weighted by Gasteiger charge is -2.07. The number of benzene rings is 1. The first kappa shape index (κ1) is 15.8. The molecule has 0 saturated heterocycles. The van der Waals surface area contributed by atoms with Crippen molar-refractivity contribution in [3.63, 3.8) is 0 Å². The molecule has 0 spiro atoms. The second-order valence-corrected chi connectivity index (χ2v) is 4.27. The zero-order valence-electron chi connectivity index (χ0n) is 11.9. The van der Waals surface area contributed by atoms with Crippen molar-refractivity contribution in [1.29, 1.82) is 0 Å². The van der Waals surface area contributed by atoms with Gasteiger partial charge in [0.25, 0.3) is 0 Å². The minimum Gasteiger partial charge on any atom is -0.463 e. The van der Waals surface area contributed by atoms with Crippen molar-refractivity contribution in [2.24, 2.45) is 0 Å². The van der Waals surface area contributed by atoms with Gasteiger partial charge in [-0.25, -0.2) is 9.59 Å². The van der Waals surface area contributed by atoms with E-state index in [0.29, 0.717) is 12.3 Å². The van der Waals surface area contributed by atoms with Gasteiger partial charge in [-0.1, -0.05) is 29.8 Å². The number of rotatable bonds is 5. The molecular formula is C15H19NO4. The third-order valence-corrected chi connectivity index (χ3v) is 2.37. The van der Waals surface area contributed by atoms with E-state index in [1.54, 1.807) is 13.8 Å². The van der Waals surface area contributed by atoms with Crippen molar-refractivity contribution < 1.29 is 19.1 Å². The van der Waals surface area contributed by atoms with E-state index in [2.05, 4.69) is 5.32 Å². The maximum Gasteiger partial charge on any atom is 0.411 e. The van der Waals surface area contributed by atoms with Crippen LogP contribution in [-0.4, -0.2) is 18.7 Å². The van der Waals surface area contributed by atoms with Gasteiger partial charge in [0.05, 0.1) is 6.61 Å². The molecule has 20 heavy (non-hydrogen) atoms. The van der Waals surface area contributed by atoms with Crippen LogP contribution in [0.25, 0.3) is 0 Å². The summed E-state index contributed by atoms with van der Waals surface area (Å²) in [6, 6.07) is 7.68. The van der Waals surface area contributed by atoms with E-state index in [1.807, 2.05) is 31.2 Å². The van der Waals surface area contributed by atoms with Crippen molar-refractivity contribution in [1.82, 2.24) is 5.32 Å². The Kier molecular flexibility index (Phi) is 6.29. The molecule has 0 aromatic heterocycles. The molecule has 0 atom stereocenters. The van der Waals surface area contributed by atoms with Gasteiger partial charge in [-0.3, -0.25) is 5.32 Å². The Bertz CT molecular complexity index is 508. The van der Waals surface area contributed by atoms with Gasteiger partial charge >= 0.3 is 12.1 Å². The average Bonchev–Trinajstić information content (AvgIpc) is 2.36. The highest BCUT2D eigenvalue weighted by atomic mass is 16.5. The molecule has 0 fully saturated rings. The highest BCUT2D eigenvalue weighted by Crippen LogP contribution is 2.05. The Morgan fingerprint density at radius 2 is 2.05 bits per heavy atom. The van der Waals surface area contributed by atoms with Crippen LogP contribution in [0.5, 0.6) is 0 Å². The van der Waals surface area contributed by atoms with Crippen LogP contribution in [0, 0.1) is 6.92 Å². The summed E-state index contributed by atoms with van der Waals surface area (Å²) in [6.45, 7) is 5.74. The van der Waals surface area contributed by atoms with Gasteiger partial charge in [0.1, 0.15) is 6.61 Å². The van der Waals surface area contributed by atoms with Gasteiger partial charge in [0, 0.05) is 11.8 Å². The monoisotopic (exact) mass is 277 g/mol. The van der Waals surface area contributed by atoms with Crippen molar-refractivity contribution in [3.8, 4) is 0 Å². The summed E-state index contributed by atoms with van der Waals surface area (Å²) in [5, 5.41) is 2.45. The number of aryl methyl sites for hydroxylation is 1. The van der Waals surface area contributed by atoms with E-state index in [9.17, 15) is 9.59 Å². The van der Waals surface area contributed by atoms with E-state index in [0.717, 1.165) is 11.1 Å². The van der Waals surface area contributed by atoms with Gasteiger partial charge in [0.15, 0.2) is 0 Å². The first-order valence-electron chi connectivity index (χ1n) is 6.35. The highest BCUT2D eigenvalue weighted by molar-refractivity contribution is 5.83. The molecule has 1 amide bonds. The van der Waals surface area contributed by atoms with E-state index in [-0.39, 0.29) is 6.61 Å². The molecular weight excluding hydrogens is 258 g/mol. The van der Waals surface area contributed by atoms with Crippen molar-refractivity contribution >= 4 is 12.1 Å². The fourth-order valence-electron chi connectivity index (χ4n) is 1.54. The normalized spacial score (nSPS) is 10.8. The molecule has 0 aliphatic heterocycles. The number of carbonyl (C=O) groups excluding carboxylic acids is 2. The molecule has 1 rings (SSSR count). The molecule has 0 bridgehead atoms. The lowest BCUT2D eigenvalue weighted by atomic mass is 10.1. The van der Waals surface area contributed by atoms with Crippen molar-refractivity contribution in [2.45, 2.75) is 27.4 Å². The van der Waals surface area contributed by atoms with Crippen molar-refractivity contribution in [2.75, 3.05) is 6.61 Å². The van der Waals surface area contributed by atoms with Gasteiger partial charge in [-0.2, -0.15) is 0 Å². The summed E-state index contributed by atoms with van der Waals surface area (Å²) in [4.78, 5) is 22.7. The third-order valence-electron chi connectivity index (χ3n) is 2.37. The molecule has 1 N–H and O–H groups in total. The molecule has 0 aliphatic rings. The molecule has 0 saturated carbocycles. The Morgan fingerprint density at radius 3 is 2.70 bits per heavy atom. The van der Waals surface area contributed by atoms with E-state index in [4.69, 9.17) is 9.47 Å². The number of esters is 1. The molecule has 1 aromatic carbocycles. The first-order chi connectivity index (χ1) is 9.51. The summed E-state index contributed by atoms with van der Waals surface area (Å²) in [7, 11) is 0.